The normalized spacial score (nSPS) is 16.7. The van der Waals surface area contributed by atoms with Crippen molar-refractivity contribution in [2.24, 2.45) is 0 Å². The Labute approximate surface area is 109 Å². The maximum atomic E-state index is 12.6. The smallest absolute Gasteiger partial charge is 0.426 e. The fourth-order valence-electron chi connectivity index (χ4n) is 1.05. The molecule has 0 rings (SSSR count). The molecule has 2 atom stereocenters. The van der Waals surface area contributed by atoms with Crippen LogP contribution in [0.5, 0.6) is 0 Å². The molecule has 0 saturated carbocycles. The summed E-state index contributed by atoms with van der Waals surface area (Å²) in [6, 6.07) is 0. The quantitative estimate of drug-likeness (QED) is 0.392. The van der Waals surface area contributed by atoms with Gasteiger partial charge < -0.3 is 9.26 Å². The number of carbonyl (C=O) groups excluding carboxylic acids is 1. The lowest BCUT2D eigenvalue weighted by Crippen LogP contribution is -2.39. The minimum absolute atomic E-state index is 0.00230. The highest BCUT2D eigenvalue weighted by molar-refractivity contribution is 7.53. The van der Waals surface area contributed by atoms with Crippen molar-refractivity contribution in [1.82, 2.24) is 0 Å². The highest BCUT2D eigenvalue weighted by Crippen LogP contribution is 2.48. The zero-order valence-electron chi connectivity index (χ0n) is 11.0. The van der Waals surface area contributed by atoms with Crippen LogP contribution in [-0.2, 0) is 23.1 Å². The largest absolute Gasteiger partial charge is 0.464 e. The molecule has 0 aromatic rings. The van der Waals surface area contributed by atoms with Crippen molar-refractivity contribution >= 4 is 13.6 Å². The second kappa shape index (κ2) is 7.87. The highest BCUT2D eigenvalue weighted by atomic mass is 31.2. The lowest BCUT2D eigenvalue weighted by Gasteiger charge is -2.22. The molecule has 0 aliphatic heterocycles. The van der Waals surface area contributed by atoms with E-state index in [4.69, 9.17) is 4.52 Å². The summed E-state index contributed by atoms with van der Waals surface area (Å²) < 4.78 is 62.8. The Morgan fingerprint density at radius 2 is 1.89 bits per heavy atom. The van der Waals surface area contributed by atoms with Gasteiger partial charge in [-0.1, -0.05) is 13.3 Å². The molecule has 114 valence electrons. The zero-order valence-corrected chi connectivity index (χ0v) is 11.9. The predicted molar refractivity (Wildman–Crippen MR) is 62.0 cm³/mol. The second-order valence-corrected chi connectivity index (χ2v) is 5.75. The van der Waals surface area contributed by atoms with Crippen LogP contribution in [0.2, 0.25) is 0 Å². The summed E-state index contributed by atoms with van der Waals surface area (Å²) in [6.45, 7) is 3.84. The van der Waals surface area contributed by atoms with Crippen LogP contribution in [0.15, 0.2) is 0 Å². The molecule has 0 spiro atoms. The van der Waals surface area contributed by atoms with Crippen molar-refractivity contribution in [2.75, 3.05) is 19.9 Å². The third-order valence-corrected chi connectivity index (χ3v) is 3.16. The van der Waals surface area contributed by atoms with Crippen LogP contribution in [0.25, 0.3) is 0 Å². The molecule has 9 heteroatoms. The van der Waals surface area contributed by atoms with Crippen LogP contribution < -0.4 is 0 Å². The van der Waals surface area contributed by atoms with E-state index < -0.39 is 25.8 Å². The number of rotatable bonds is 8. The molecule has 19 heavy (non-hydrogen) atoms. The van der Waals surface area contributed by atoms with Crippen LogP contribution in [0, 0.1) is 0 Å². The average molecular weight is 306 g/mol. The Hall–Kier alpha value is -0.590. The van der Waals surface area contributed by atoms with Gasteiger partial charge in [-0.25, -0.2) is 4.79 Å². The van der Waals surface area contributed by atoms with Gasteiger partial charge in [0.2, 0.25) is 0 Å². The van der Waals surface area contributed by atoms with E-state index in [9.17, 15) is 22.5 Å². The van der Waals surface area contributed by atoms with E-state index in [1.54, 1.807) is 0 Å². The van der Waals surface area contributed by atoms with Crippen LogP contribution in [0.1, 0.15) is 26.7 Å². The first-order chi connectivity index (χ1) is 8.64. The van der Waals surface area contributed by atoms with Gasteiger partial charge in [0.05, 0.1) is 13.2 Å². The van der Waals surface area contributed by atoms with Gasteiger partial charge in [0.15, 0.2) is 0 Å². The molecule has 0 aromatic carbocycles. The van der Waals surface area contributed by atoms with Crippen molar-refractivity contribution in [3.63, 3.8) is 0 Å². The summed E-state index contributed by atoms with van der Waals surface area (Å²) in [4.78, 5) is 11.2. The molecule has 0 fully saturated rings. The molecule has 0 aliphatic carbocycles. The predicted octanol–water partition coefficient (Wildman–Crippen LogP) is 3.14. The van der Waals surface area contributed by atoms with E-state index in [2.05, 4.69) is 9.26 Å². The third kappa shape index (κ3) is 7.54. The second-order valence-electron chi connectivity index (χ2n) is 3.74. The molecule has 0 radical (unpaired) electrons. The standard InChI is InChI=1S/C10H18F3O5P/c1-4-6-7-17-19(3,15)18-8(10(11,12)13)9(14)16-5-2/h8H,4-7H2,1-3H3/t8-,19+/m1/s1. The Bertz CT molecular complexity index is 332. The summed E-state index contributed by atoms with van der Waals surface area (Å²) in [5.41, 5.74) is 0. The van der Waals surface area contributed by atoms with Gasteiger partial charge in [-0.3, -0.25) is 9.09 Å². The minimum Gasteiger partial charge on any atom is -0.464 e. The fraction of sp³-hybridized carbons (Fsp3) is 0.900. The molecule has 0 amide bonds. The van der Waals surface area contributed by atoms with Crippen molar-refractivity contribution < 1.29 is 36.3 Å². The van der Waals surface area contributed by atoms with Gasteiger partial charge in [0.25, 0.3) is 6.10 Å². The molecular weight excluding hydrogens is 288 g/mol. The van der Waals surface area contributed by atoms with Crippen molar-refractivity contribution in [2.45, 2.75) is 39.0 Å². The first-order valence-electron chi connectivity index (χ1n) is 5.77. The van der Waals surface area contributed by atoms with E-state index in [1.807, 2.05) is 6.92 Å². The van der Waals surface area contributed by atoms with Crippen LogP contribution in [-0.4, -0.2) is 38.1 Å². The van der Waals surface area contributed by atoms with Crippen LogP contribution in [0.4, 0.5) is 13.2 Å². The van der Waals surface area contributed by atoms with E-state index in [0.29, 0.717) is 6.42 Å². The molecule has 0 aliphatic rings. The topological polar surface area (TPSA) is 61.8 Å². The minimum atomic E-state index is -5.01. The van der Waals surface area contributed by atoms with E-state index >= 15 is 0 Å². The number of esters is 1. The number of carbonyl (C=O) groups is 1. The third-order valence-electron chi connectivity index (χ3n) is 1.92. The van der Waals surface area contributed by atoms with Crippen molar-refractivity contribution in [3.8, 4) is 0 Å². The summed E-state index contributed by atoms with van der Waals surface area (Å²) in [5, 5.41) is 0. The van der Waals surface area contributed by atoms with Crippen molar-refractivity contribution in [3.05, 3.63) is 0 Å². The van der Waals surface area contributed by atoms with E-state index in [1.165, 1.54) is 6.92 Å². The summed E-state index contributed by atoms with van der Waals surface area (Å²) in [6.07, 6.45) is -6.66. The van der Waals surface area contributed by atoms with Gasteiger partial charge in [-0.2, -0.15) is 13.2 Å². The molecule has 0 aromatic heterocycles. The van der Waals surface area contributed by atoms with Gasteiger partial charge in [-0.05, 0) is 13.3 Å². The van der Waals surface area contributed by atoms with Crippen LogP contribution >= 0.6 is 7.60 Å². The number of ether oxygens (including phenoxy) is 1. The maximum absolute atomic E-state index is 12.6. The van der Waals surface area contributed by atoms with Gasteiger partial charge >= 0.3 is 19.7 Å². The molecule has 0 N–H and O–H groups in total. The molecule has 0 heterocycles. The molecule has 0 saturated heterocycles. The first kappa shape index (κ1) is 18.4. The number of alkyl halides is 3. The number of hydrogen-bond donors (Lipinski definition) is 0. The lowest BCUT2D eigenvalue weighted by atomic mass is 10.3. The van der Waals surface area contributed by atoms with E-state index in [0.717, 1.165) is 13.1 Å². The van der Waals surface area contributed by atoms with Gasteiger partial charge in [0.1, 0.15) is 0 Å². The Balaban J connectivity index is 4.72. The molecule has 5 nitrogen and oxygen atoms in total. The van der Waals surface area contributed by atoms with Crippen molar-refractivity contribution in [1.29, 1.82) is 0 Å². The maximum Gasteiger partial charge on any atom is 0.426 e. The highest BCUT2D eigenvalue weighted by Gasteiger charge is 2.50. The summed E-state index contributed by atoms with van der Waals surface area (Å²) >= 11 is 0. The summed E-state index contributed by atoms with van der Waals surface area (Å²) in [7, 11) is -3.97. The Morgan fingerprint density at radius 3 is 2.32 bits per heavy atom. The molecular formula is C10H18F3O5P. The summed E-state index contributed by atoms with van der Waals surface area (Å²) in [5.74, 6) is -1.63. The number of halogens is 3. The monoisotopic (exact) mass is 306 g/mol. The SMILES string of the molecule is CCCCO[P@](C)(=O)O[C@H](C(=O)OCC)C(F)(F)F. The van der Waals surface area contributed by atoms with E-state index in [-0.39, 0.29) is 13.2 Å². The number of unbranched alkanes of at least 4 members (excludes halogenated alkanes) is 1. The zero-order chi connectivity index (χ0) is 15.1. The lowest BCUT2D eigenvalue weighted by molar-refractivity contribution is -0.212. The Morgan fingerprint density at radius 1 is 1.32 bits per heavy atom. The van der Waals surface area contributed by atoms with Gasteiger partial charge in [0, 0.05) is 6.66 Å². The first-order valence-corrected chi connectivity index (χ1v) is 7.76. The average Bonchev–Trinajstić information content (AvgIpc) is 2.25. The molecule has 0 bridgehead atoms. The van der Waals surface area contributed by atoms with Gasteiger partial charge in [-0.15, -0.1) is 0 Å². The number of hydrogen-bond acceptors (Lipinski definition) is 5. The van der Waals surface area contributed by atoms with Crippen LogP contribution in [0.3, 0.4) is 0 Å². The Kier molecular flexibility index (Phi) is 7.62. The fourth-order valence-corrected chi connectivity index (χ4v) is 2.16. The molecule has 0 unspecified atom stereocenters.